The Balaban J connectivity index is 1.26. The van der Waals surface area contributed by atoms with E-state index >= 15 is 0 Å². The summed E-state index contributed by atoms with van der Waals surface area (Å²) in [5.74, 6) is -0.0917. The first-order chi connectivity index (χ1) is 15.6. The lowest BCUT2D eigenvalue weighted by atomic mass is 10.2. The average molecular weight is 449 g/mol. The van der Waals surface area contributed by atoms with Crippen molar-refractivity contribution in [2.24, 2.45) is 0 Å². The molecule has 1 aliphatic rings. The molecular formula is C26H29ClN4O. The van der Waals surface area contributed by atoms with E-state index in [1.807, 2.05) is 19.1 Å². The molecule has 1 amide bonds. The molecule has 1 saturated heterocycles. The van der Waals surface area contributed by atoms with Gasteiger partial charge in [0, 0.05) is 54.8 Å². The summed E-state index contributed by atoms with van der Waals surface area (Å²) in [7, 11) is 0. The number of carbonyl (C=O) groups excluding carboxylic acids is 1. The minimum Gasteiger partial charge on any atom is -0.374 e. The zero-order chi connectivity index (χ0) is 22.3. The number of nitrogens with zero attached hydrogens (tertiary/aromatic N) is 2. The molecule has 0 aliphatic carbocycles. The van der Waals surface area contributed by atoms with E-state index < -0.39 is 0 Å². The van der Waals surface area contributed by atoms with Gasteiger partial charge in [0.15, 0.2) is 0 Å². The molecule has 4 rings (SSSR count). The molecule has 0 radical (unpaired) electrons. The number of carbonyl (C=O) groups is 1. The van der Waals surface area contributed by atoms with E-state index in [2.05, 4.69) is 62.9 Å². The molecule has 1 atom stereocenters. The summed E-state index contributed by atoms with van der Waals surface area (Å²) in [6, 6.07) is 25.7. The molecular weight excluding hydrogens is 420 g/mol. The Hall–Kier alpha value is -3.02. The van der Waals surface area contributed by atoms with Crippen LogP contribution in [0.5, 0.6) is 0 Å². The van der Waals surface area contributed by atoms with Gasteiger partial charge in [-0.05, 0) is 61.0 Å². The third kappa shape index (κ3) is 6.02. The van der Waals surface area contributed by atoms with Crippen LogP contribution in [0.4, 0.5) is 17.1 Å². The van der Waals surface area contributed by atoms with Crippen LogP contribution in [-0.2, 0) is 11.3 Å². The van der Waals surface area contributed by atoms with Gasteiger partial charge in [-0.1, -0.05) is 41.9 Å². The van der Waals surface area contributed by atoms with Gasteiger partial charge in [-0.2, -0.15) is 0 Å². The number of hydrogen-bond donors (Lipinski definition) is 2. The molecule has 5 nitrogen and oxygen atoms in total. The number of hydrogen-bond acceptors (Lipinski definition) is 4. The molecule has 1 heterocycles. The van der Waals surface area contributed by atoms with Gasteiger partial charge >= 0.3 is 0 Å². The zero-order valence-electron chi connectivity index (χ0n) is 18.3. The molecule has 2 N–H and O–H groups in total. The van der Waals surface area contributed by atoms with Crippen molar-refractivity contribution in [2.75, 3.05) is 41.7 Å². The number of benzene rings is 3. The Morgan fingerprint density at radius 3 is 2.16 bits per heavy atom. The van der Waals surface area contributed by atoms with Crippen molar-refractivity contribution in [2.45, 2.75) is 19.5 Å². The van der Waals surface area contributed by atoms with Crippen LogP contribution in [0.1, 0.15) is 12.5 Å². The molecule has 3 aromatic carbocycles. The van der Waals surface area contributed by atoms with E-state index in [1.165, 1.54) is 11.3 Å². The standard InChI is InChI=1S/C26H29ClN4O/c1-20(26(32)29-24-9-7-22(27)8-10-24)28-23-11-13-25(14-12-23)31-17-15-30(16-18-31)19-21-5-3-2-4-6-21/h2-14,20,28H,15-19H2,1H3,(H,29,32). The predicted molar refractivity (Wildman–Crippen MR) is 134 cm³/mol. The Kier molecular flexibility index (Phi) is 7.30. The maximum atomic E-state index is 12.5. The minimum atomic E-state index is -0.363. The summed E-state index contributed by atoms with van der Waals surface area (Å²) >= 11 is 5.90. The highest BCUT2D eigenvalue weighted by molar-refractivity contribution is 6.30. The van der Waals surface area contributed by atoms with Gasteiger partial charge in [0.05, 0.1) is 0 Å². The first kappa shape index (κ1) is 22.2. The van der Waals surface area contributed by atoms with E-state index in [0.717, 1.165) is 44.1 Å². The topological polar surface area (TPSA) is 47.6 Å². The first-order valence-corrected chi connectivity index (χ1v) is 11.4. The van der Waals surface area contributed by atoms with Crippen LogP contribution in [-0.4, -0.2) is 43.0 Å². The van der Waals surface area contributed by atoms with Crippen molar-refractivity contribution >= 4 is 34.6 Å². The second-order valence-electron chi connectivity index (χ2n) is 8.16. The monoisotopic (exact) mass is 448 g/mol. The smallest absolute Gasteiger partial charge is 0.246 e. The van der Waals surface area contributed by atoms with Crippen molar-refractivity contribution in [1.29, 1.82) is 0 Å². The van der Waals surface area contributed by atoms with Gasteiger partial charge in [0.25, 0.3) is 0 Å². The fraction of sp³-hybridized carbons (Fsp3) is 0.269. The molecule has 0 aromatic heterocycles. The predicted octanol–water partition coefficient (Wildman–Crippen LogP) is 5.10. The fourth-order valence-electron chi connectivity index (χ4n) is 3.87. The molecule has 1 unspecified atom stereocenters. The van der Waals surface area contributed by atoms with Gasteiger partial charge in [0.1, 0.15) is 6.04 Å². The van der Waals surface area contributed by atoms with Gasteiger partial charge in [0.2, 0.25) is 5.91 Å². The highest BCUT2D eigenvalue weighted by atomic mass is 35.5. The Bertz CT molecular complexity index is 1000. The molecule has 0 bridgehead atoms. The van der Waals surface area contributed by atoms with Crippen molar-refractivity contribution in [3.8, 4) is 0 Å². The number of rotatable bonds is 7. The normalized spacial score (nSPS) is 15.2. The van der Waals surface area contributed by atoms with Crippen molar-refractivity contribution < 1.29 is 4.79 Å². The van der Waals surface area contributed by atoms with Gasteiger partial charge in [-0.3, -0.25) is 9.69 Å². The van der Waals surface area contributed by atoms with Crippen LogP contribution in [0.3, 0.4) is 0 Å². The first-order valence-electron chi connectivity index (χ1n) is 11.0. The fourth-order valence-corrected chi connectivity index (χ4v) is 4.00. The Morgan fingerprint density at radius 2 is 1.50 bits per heavy atom. The molecule has 0 spiro atoms. The lowest BCUT2D eigenvalue weighted by molar-refractivity contribution is -0.116. The molecule has 6 heteroatoms. The number of anilines is 3. The number of piperazine rings is 1. The summed E-state index contributed by atoms with van der Waals surface area (Å²) in [6.45, 7) is 6.99. The number of nitrogens with one attached hydrogen (secondary N) is 2. The highest BCUT2D eigenvalue weighted by Gasteiger charge is 2.18. The zero-order valence-corrected chi connectivity index (χ0v) is 19.1. The lowest BCUT2D eigenvalue weighted by Crippen LogP contribution is -2.45. The van der Waals surface area contributed by atoms with Crippen LogP contribution >= 0.6 is 11.6 Å². The molecule has 32 heavy (non-hydrogen) atoms. The van der Waals surface area contributed by atoms with E-state index in [4.69, 9.17) is 11.6 Å². The Morgan fingerprint density at radius 1 is 0.875 bits per heavy atom. The van der Waals surface area contributed by atoms with Crippen LogP contribution in [0.15, 0.2) is 78.9 Å². The average Bonchev–Trinajstić information content (AvgIpc) is 2.82. The van der Waals surface area contributed by atoms with Gasteiger partial charge < -0.3 is 15.5 Å². The SMILES string of the molecule is CC(Nc1ccc(N2CCN(Cc3ccccc3)CC2)cc1)C(=O)Nc1ccc(Cl)cc1. The van der Waals surface area contributed by atoms with Crippen LogP contribution < -0.4 is 15.5 Å². The van der Waals surface area contributed by atoms with Crippen LogP contribution in [0.25, 0.3) is 0 Å². The third-order valence-corrected chi connectivity index (χ3v) is 5.99. The van der Waals surface area contributed by atoms with E-state index in [9.17, 15) is 4.79 Å². The lowest BCUT2D eigenvalue weighted by Gasteiger charge is -2.36. The van der Waals surface area contributed by atoms with Crippen molar-refractivity contribution in [1.82, 2.24) is 4.90 Å². The van der Waals surface area contributed by atoms with E-state index in [-0.39, 0.29) is 11.9 Å². The molecule has 1 fully saturated rings. The maximum absolute atomic E-state index is 12.5. The molecule has 0 saturated carbocycles. The van der Waals surface area contributed by atoms with Crippen LogP contribution in [0.2, 0.25) is 5.02 Å². The van der Waals surface area contributed by atoms with E-state index in [0.29, 0.717) is 5.02 Å². The number of amides is 1. The van der Waals surface area contributed by atoms with Gasteiger partial charge in [-0.25, -0.2) is 0 Å². The van der Waals surface area contributed by atoms with Gasteiger partial charge in [-0.15, -0.1) is 0 Å². The summed E-state index contributed by atoms with van der Waals surface area (Å²) in [4.78, 5) is 17.4. The highest BCUT2D eigenvalue weighted by Crippen LogP contribution is 2.21. The second-order valence-corrected chi connectivity index (χ2v) is 8.59. The van der Waals surface area contributed by atoms with E-state index in [1.54, 1.807) is 24.3 Å². The van der Waals surface area contributed by atoms with Crippen molar-refractivity contribution in [3.05, 3.63) is 89.4 Å². The summed E-state index contributed by atoms with van der Waals surface area (Å²) < 4.78 is 0. The maximum Gasteiger partial charge on any atom is 0.246 e. The summed E-state index contributed by atoms with van der Waals surface area (Å²) in [6.07, 6.45) is 0. The molecule has 1 aliphatic heterocycles. The Labute approximate surface area is 195 Å². The molecule has 3 aromatic rings. The summed E-state index contributed by atoms with van der Waals surface area (Å²) in [5.41, 5.74) is 4.24. The van der Waals surface area contributed by atoms with Crippen LogP contribution in [0, 0.1) is 0 Å². The quantitative estimate of drug-likeness (QED) is 0.527. The van der Waals surface area contributed by atoms with Crippen molar-refractivity contribution in [3.63, 3.8) is 0 Å². The minimum absolute atomic E-state index is 0.0917. The number of halogens is 1. The summed E-state index contributed by atoms with van der Waals surface area (Å²) in [5, 5.41) is 6.82. The molecule has 166 valence electrons. The largest absolute Gasteiger partial charge is 0.374 e. The third-order valence-electron chi connectivity index (χ3n) is 5.74. The second kappa shape index (κ2) is 10.5.